The van der Waals surface area contributed by atoms with Crippen molar-refractivity contribution in [2.75, 3.05) is 5.73 Å². The third kappa shape index (κ3) is 1.46. The van der Waals surface area contributed by atoms with Crippen molar-refractivity contribution in [3.63, 3.8) is 0 Å². The highest BCUT2D eigenvalue weighted by atomic mass is 15.0. The smallest absolute Gasteiger partial charge is 0.238 e. The quantitative estimate of drug-likeness (QED) is 0.704. The van der Waals surface area contributed by atoms with E-state index in [4.69, 9.17) is 5.73 Å². The maximum absolute atomic E-state index is 5.92. The monoisotopic (exact) mass is 205 g/mol. The number of hydrogen-bond donors (Lipinski definition) is 1. The van der Waals surface area contributed by atoms with Crippen LogP contribution in [0.4, 0.5) is 5.82 Å². The van der Waals surface area contributed by atoms with E-state index in [-0.39, 0.29) is 5.41 Å². The fourth-order valence-corrected chi connectivity index (χ4v) is 1.86. The average Bonchev–Trinajstić information content (AvgIpc) is 2.45. The van der Waals surface area contributed by atoms with Gasteiger partial charge in [-0.1, -0.05) is 25.8 Å². The summed E-state index contributed by atoms with van der Waals surface area (Å²) in [7, 11) is 2.01. The Kier molecular flexibility index (Phi) is 1.96. The SMILES string of the molecule is Cn1cc(C(C)(C)C)c2c(N)nc[nH+]c21. The van der Waals surface area contributed by atoms with Gasteiger partial charge in [-0.3, -0.25) is 4.57 Å². The van der Waals surface area contributed by atoms with E-state index in [9.17, 15) is 0 Å². The van der Waals surface area contributed by atoms with Crippen molar-refractivity contribution in [2.45, 2.75) is 26.2 Å². The Morgan fingerprint density at radius 3 is 2.67 bits per heavy atom. The molecule has 0 amide bonds. The predicted molar refractivity (Wildman–Crippen MR) is 60.4 cm³/mol. The van der Waals surface area contributed by atoms with Crippen LogP contribution in [-0.4, -0.2) is 9.55 Å². The molecule has 4 nitrogen and oxygen atoms in total. The molecule has 2 rings (SSSR count). The van der Waals surface area contributed by atoms with Gasteiger partial charge in [0.2, 0.25) is 17.8 Å². The summed E-state index contributed by atoms with van der Waals surface area (Å²) in [6.45, 7) is 6.52. The van der Waals surface area contributed by atoms with Gasteiger partial charge in [0, 0.05) is 5.56 Å². The first-order valence-corrected chi connectivity index (χ1v) is 5.03. The molecule has 2 heterocycles. The van der Waals surface area contributed by atoms with Crippen LogP contribution in [0.25, 0.3) is 11.0 Å². The third-order valence-electron chi connectivity index (χ3n) is 2.65. The molecule has 0 aromatic carbocycles. The number of nitrogens with zero attached hydrogens (tertiary/aromatic N) is 2. The summed E-state index contributed by atoms with van der Waals surface area (Å²) in [5.74, 6) is 0.592. The molecule has 0 saturated heterocycles. The average molecular weight is 205 g/mol. The first-order valence-electron chi connectivity index (χ1n) is 5.03. The van der Waals surface area contributed by atoms with E-state index >= 15 is 0 Å². The Balaban J connectivity index is 2.88. The Labute approximate surface area is 89.1 Å². The van der Waals surface area contributed by atoms with E-state index in [1.807, 2.05) is 11.6 Å². The summed E-state index contributed by atoms with van der Waals surface area (Å²) in [5.41, 5.74) is 8.24. The summed E-state index contributed by atoms with van der Waals surface area (Å²) in [5, 5.41) is 1.03. The number of aromatic amines is 1. The van der Waals surface area contributed by atoms with Crippen molar-refractivity contribution in [1.82, 2.24) is 9.55 Å². The largest absolute Gasteiger partial charge is 0.369 e. The van der Waals surface area contributed by atoms with E-state index in [2.05, 4.69) is 36.9 Å². The zero-order valence-electron chi connectivity index (χ0n) is 9.63. The van der Waals surface area contributed by atoms with Gasteiger partial charge in [-0.25, -0.2) is 4.98 Å². The maximum Gasteiger partial charge on any atom is 0.238 e. The molecule has 2 aromatic heterocycles. The fraction of sp³-hybridized carbons (Fsp3) is 0.455. The van der Waals surface area contributed by atoms with Crippen LogP contribution in [0.15, 0.2) is 12.5 Å². The van der Waals surface area contributed by atoms with Gasteiger partial charge in [0.25, 0.3) is 0 Å². The Morgan fingerprint density at radius 2 is 2.07 bits per heavy atom. The first-order chi connectivity index (χ1) is 6.91. The zero-order valence-corrected chi connectivity index (χ0v) is 9.63. The molecular weight excluding hydrogens is 188 g/mol. The van der Waals surface area contributed by atoms with Crippen LogP contribution in [0.1, 0.15) is 26.3 Å². The number of nitrogen functional groups attached to an aromatic ring is 1. The van der Waals surface area contributed by atoms with E-state index < -0.39 is 0 Å². The molecule has 3 N–H and O–H groups in total. The Hall–Kier alpha value is -1.58. The summed E-state index contributed by atoms with van der Waals surface area (Å²) in [6, 6.07) is 0. The number of aromatic nitrogens is 3. The van der Waals surface area contributed by atoms with Gasteiger partial charge in [0.05, 0.1) is 13.2 Å². The number of aryl methyl sites for hydroxylation is 1. The molecule has 0 aliphatic heterocycles. The Morgan fingerprint density at radius 1 is 1.40 bits per heavy atom. The molecule has 0 bridgehead atoms. The van der Waals surface area contributed by atoms with E-state index in [1.54, 1.807) is 6.33 Å². The molecule has 0 unspecified atom stereocenters. The molecule has 0 aliphatic carbocycles. The number of fused-ring (bicyclic) bond motifs is 1. The second-order valence-electron chi connectivity index (χ2n) is 4.92. The van der Waals surface area contributed by atoms with Crippen LogP contribution in [0.2, 0.25) is 0 Å². The van der Waals surface area contributed by atoms with Gasteiger partial charge in [-0.2, -0.15) is 0 Å². The number of H-pyrrole nitrogens is 1. The van der Waals surface area contributed by atoms with Crippen LogP contribution in [-0.2, 0) is 12.5 Å². The van der Waals surface area contributed by atoms with Crippen molar-refractivity contribution >= 4 is 16.9 Å². The van der Waals surface area contributed by atoms with Crippen LogP contribution < -0.4 is 10.7 Å². The third-order valence-corrected chi connectivity index (χ3v) is 2.65. The second kappa shape index (κ2) is 2.95. The van der Waals surface area contributed by atoms with Crippen molar-refractivity contribution in [1.29, 1.82) is 0 Å². The predicted octanol–water partition coefficient (Wildman–Crippen LogP) is 1.27. The van der Waals surface area contributed by atoms with E-state index in [0.29, 0.717) is 5.82 Å². The lowest BCUT2D eigenvalue weighted by molar-refractivity contribution is -0.353. The molecule has 2 aromatic rings. The molecule has 80 valence electrons. The normalized spacial score (nSPS) is 12.3. The summed E-state index contributed by atoms with van der Waals surface area (Å²) in [4.78, 5) is 7.23. The molecule has 15 heavy (non-hydrogen) atoms. The fourth-order valence-electron chi connectivity index (χ4n) is 1.86. The molecule has 0 radical (unpaired) electrons. The van der Waals surface area contributed by atoms with Gasteiger partial charge in [-0.05, 0) is 5.41 Å². The van der Waals surface area contributed by atoms with Crippen molar-refractivity contribution in [3.05, 3.63) is 18.1 Å². The molecule has 4 heteroatoms. The molecule has 0 spiro atoms. The van der Waals surface area contributed by atoms with Crippen molar-refractivity contribution in [2.24, 2.45) is 7.05 Å². The van der Waals surface area contributed by atoms with Crippen LogP contribution in [0.3, 0.4) is 0 Å². The molecule has 0 fully saturated rings. The lowest BCUT2D eigenvalue weighted by atomic mass is 9.87. The standard InChI is InChI=1S/C11H16N4/c1-11(2,3)7-5-15(4)10-8(7)9(12)13-6-14-10/h5-6H,1-4H3,(H2,12,13,14)/p+1. The van der Waals surface area contributed by atoms with Crippen LogP contribution >= 0.6 is 0 Å². The summed E-state index contributed by atoms with van der Waals surface area (Å²) >= 11 is 0. The lowest BCUT2D eigenvalue weighted by Crippen LogP contribution is -2.13. The van der Waals surface area contributed by atoms with Crippen LogP contribution in [0, 0.1) is 0 Å². The van der Waals surface area contributed by atoms with E-state index in [1.165, 1.54) is 5.56 Å². The minimum atomic E-state index is 0.0739. The van der Waals surface area contributed by atoms with Gasteiger partial charge < -0.3 is 5.73 Å². The van der Waals surface area contributed by atoms with Crippen LogP contribution in [0.5, 0.6) is 0 Å². The minimum absolute atomic E-state index is 0.0739. The van der Waals surface area contributed by atoms with Crippen molar-refractivity contribution < 1.29 is 4.98 Å². The van der Waals surface area contributed by atoms with E-state index in [0.717, 1.165) is 11.0 Å². The summed E-state index contributed by atoms with van der Waals surface area (Å²) < 4.78 is 2.05. The topological polar surface area (TPSA) is 58.0 Å². The number of rotatable bonds is 0. The highest BCUT2D eigenvalue weighted by Crippen LogP contribution is 2.31. The summed E-state index contributed by atoms with van der Waals surface area (Å²) in [6.07, 6.45) is 3.74. The molecule has 0 aliphatic rings. The highest BCUT2D eigenvalue weighted by molar-refractivity contribution is 5.88. The number of nitrogens with two attached hydrogens (primary N) is 1. The molecule has 0 atom stereocenters. The molecular formula is C11H17N4+. The van der Waals surface area contributed by atoms with Gasteiger partial charge in [0.15, 0.2) is 0 Å². The first kappa shape index (κ1) is 9.96. The van der Waals surface area contributed by atoms with Gasteiger partial charge >= 0.3 is 0 Å². The Bertz CT molecular complexity index is 505. The van der Waals surface area contributed by atoms with Gasteiger partial charge in [-0.15, -0.1) is 0 Å². The number of nitrogens with one attached hydrogen (secondary N) is 1. The molecule has 0 saturated carbocycles. The minimum Gasteiger partial charge on any atom is -0.369 e. The second-order valence-corrected chi connectivity index (χ2v) is 4.92. The highest BCUT2D eigenvalue weighted by Gasteiger charge is 2.25. The lowest BCUT2D eigenvalue weighted by Gasteiger charge is -2.16. The van der Waals surface area contributed by atoms with Crippen molar-refractivity contribution in [3.8, 4) is 0 Å². The number of hydrogen-bond acceptors (Lipinski definition) is 2. The zero-order chi connectivity index (χ0) is 11.2. The maximum atomic E-state index is 5.92. The van der Waals surface area contributed by atoms with Gasteiger partial charge in [0.1, 0.15) is 5.39 Å². The number of anilines is 1.